The molecule has 0 atom stereocenters. The number of imidazole rings is 1. The van der Waals surface area contributed by atoms with E-state index in [1.807, 2.05) is 16.7 Å². The summed E-state index contributed by atoms with van der Waals surface area (Å²) in [6.45, 7) is 4.40. The third-order valence-corrected chi connectivity index (χ3v) is 2.95. The molecule has 2 aromatic heterocycles. The second kappa shape index (κ2) is 5.93. The van der Waals surface area contributed by atoms with Gasteiger partial charge in [-0.05, 0) is 30.8 Å². The lowest BCUT2D eigenvalue weighted by molar-refractivity contribution is 0.124. The summed E-state index contributed by atoms with van der Waals surface area (Å²) in [5.74, 6) is 0. The van der Waals surface area contributed by atoms with E-state index in [2.05, 4.69) is 16.9 Å². The summed E-state index contributed by atoms with van der Waals surface area (Å²) < 4.78 is 8.23. The van der Waals surface area contributed by atoms with Crippen molar-refractivity contribution in [3.8, 4) is 0 Å². The predicted molar refractivity (Wildman–Crippen MR) is 70.6 cm³/mol. The monoisotopic (exact) mass is 251 g/mol. The number of fused-ring (bicyclic) bond motifs is 1. The van der Waals surface area contributed by atoms with Gasteiger partial charge < -0.3 is 9.72 Å². The lowest BCUT2D eigenvalue weighted by Crippen LogP contribution is -2.07. The predicted octanol–water partition coefficient (Wildman–Crippen LogP) is 2.91. The van der Waals surface area contributed by atoms with Crippen LogP contribution in [-0.4, -0.2) is 27.7 Å². The van der Waals surface area contributed by atoms with Crippen molar-refractivity contribution in [3.05, 3.63) is 23.1 Å². The molecule has 0 saturated carbocycles. The molecule has 0 aliphatic carbocycles. The molecule has 0 spiro atoms. The first-order chi connectivity index (χ1) is 8.33. The summed E-state index contributed by atoms with van der Waals surface area (Å²) in [6, 6.07) is 3.88. The van der Waals surface area contributed by atoms with E-state index in [-0.39, 0.29) is 0 Å². The Balaban J connectivity index is 2.03. The van der Waals surface area contributed by atoms with Gasteiger partial charge in [0.2, 0.25) is 0 Å². The van der Waals surface area contributed by atoms with Crippen LogP contribution in [-0.2, 0) is 11.3 Å². The maximum Gasteiger partial charge on any atom is 0.179 e. The fourth-order valence-corrected chi connectivity index (χ4v) is 1.99. The number of rotatable bonds is 6. The molecular weight excluding hydrogens is 234 g/mol. The van der Waals surface area contributed by atoms with Crippen molar-refractivity contribution in [2.45, 2.75) is 26.3 Å². The van der Waals surface area contributed by atoms with Gasteiger partial charge in [-0.25, -0.2) is 4.98 Å². The van der Waals surface area contributed by atoms with Crippen molar-refractivity contribution in [3.63, 3.8) is 0 Å². The second-order valence-electron chi connectivity index (χ2n) is 3.92. The van der Waals surface area contributed by atoms with Gasteiger partial charge in [0.05, 0.1) is 18.7 Å². The smallest absolute Gasteiger partial charge is 0.179 e. The van der Waals surface area contributed by atoms with E-state index in [1.54, 1.807) is 6.20 Å². The second-order valence-corrected chi connectivity index (χ2v) is 4.31. The molecule has 92 valence electrons. The van der Waals surface area contributed by atoms with Crippen molar-refractivity contribution in [1.29, 1.82) is 0 Å². The first kappa shape index (κ1) is 12.3. The van der Waals surface area contributed by atoms with Crippen molar-refractivity contribution in [1.82, 2.24) is 14.5 Å². The highest BCUT2D eigenvalue weighted by molar-refractivity contribution is 7.71. The zero-order valence-electron chi connectivity index (χ0n) is 9.98. The van der Waals surface area contributed by atoms with Gasteiger partial charge in [0.1, 0.15) is 0 Å². The fourth-order valence-electron chi connectivity index (χ4n) is 1.70. The summed E-state index contributed by atoms with van der Waals surface area (Å²) in [5.41, 5.74) is 1.88. The summed E-state index contributed by atoms with van der Waals surface area (Å²) in [5, 5.41) is 0. The minimum absolute atomic E-state index is 0.678. The summed E-state index contributed by atoms with van der Waals surface area (Å²) >= 11 is 5.27. The van der Waals surface area contributed by atoms with Crippen LogP contribution in [0.15, 0.2) is 18.3 Å². The fraction of sp³-hybridized carbons (Fsp3) is 0.500. The van der Waals surface area contributed by atoms with Gasteiger partial charge in [-0.3, -0.25) is 4.57 Å². The van der Waals surface area contributed by atoms with Gasteiger partial charge in [-0.2, -0.15) is 0 Å². The van der Waals surface area contributed by atoms with E-state index in [4.69, 9.17) is 17.0 Å². The van der Waals surface area contributed by atoms with E-state index in [0.29, 0.717) is 11.4 Å². The van der Waals surface area contributed by atoms with E-state index in [9.17, 15) is 0 Å². The van der Waals surface area contributed by atoms with Crippen LogP contribution in [0.25, 0.3) is 11.2 Å². The van der Waals surface area contributed by atoms with Gasteiger partial charge in [-0.15, -0.1) is 0 Å². The number of hydrogen-bond donors (Lipinski definition) is 1. The Morgan fingerprint density at radius 1 is 1.47 bits per heavy atom. The van der Waals surface area contributed by atoms with Crippen LogP contribution < -0.4 is 0 Å². The molecular formula is C12H17N3OS. The van der Waals surface area contributed by atoms with Gasteiger partial charge in [0.15, 0.2) is 10.4 Å². The van der Waals surface area contributed by atoms with E-state index >= 15 is 0 Å². The Hall–Kier alpha value is -1.20. The molecule has 2 aromatic rings. The molecule has 0 fully saturated rings. The average Bonchev–Trinajstić information content (AvgIpc) is 2.65. The number of nitrogens with zero attached hydrogens (tertiary/aromatic N) is 2. The van der Waals surface area contributed by atoms with Crippen LogP contribution in [0.1, 0.15) is 19.8 Å². The van der Waals surface area contributed by atoms with Crippen molar-refractivity contribution in [2.24, 2.45) is 0 Å². The van der Waals surface area contributed by atoms with Gasteiger partial charge in [-0.1, -0.05) is 13.3 Å². The SMILES string of the molecule is CCCCOCCn1c(=S)[nH]c2cccnc21. The van der Waals surface area contributed by atoms with Crippen molar-refractivity contribution >= 4 is 23.4 Å². The van der Waals surface area contributed by atoms with Crippen LogP contribution in [0.2, 0.25) is 0 Å². The first-order valence-electron chi connectivity index (χ1n) is 5.94. The number of ether oxygens (including phenoxy) is 1. The summed E-state index contributed by atoms with van der Waals surface area (Å²) in [6.07, 6.45) is 4.05. The van der Waals surface area contributed by atoms with Crippen LogP contribution in [0.4, 0.5) is 0 Å². The number of hydrogen-bond acceptors (Lipinski definition) is 3. The van der Waals surface area contributed by atoms with Gasteiger partial charge in [0, 0.05) is 12.8 Å². The van der Waals surface area contributed by atoms with Crippen molar-refractivity contribution < 1.29 is 4.74 Å². The standard InChI is InChI=1S/C12H17N3OS/c1-2-3-8-16-9-7-15-11-10(14-12(15)17)5-4-6-13-11/h4-6H,2-3,7-9H2,1H3,(H,14,17). The molecule has 2 rings (SSSR count). The highest BCUT2D eigenvalue weighted by Crippen LogP contribution is 2.10. The molecule has 0 amide bonds. The summed E-state index contributed by atoms with van der Waals surface area (Å²) in [4.78, 5) is 7.47. The maximum atomic E-state index is 5.54. The highest BCUT2D eigenvalue weighted by atomic mass is 32.1. The number of aromatic nitrogens is 3. The van der Waals surface area contributed by atoms with Gasteiger partial charge >= 0.3 is 0 Å². The van der Waals surface area contributed by atoms with Crippen LogP contribution >= 0.6 is 12.2 Å². The molecule has 1 N–H and O–H groups in total. The molecule has 5 heteroatoms. The number of unbranched alkanes of at least 4 members (excludes halogenated alkanes) is 1. The lowest BCUT2D eigenvalue weighted by atomic mass is 10.4. The largest absolute Gasteiger partial charge is 0.380 e. The molecule has 0 bridgehead atoms. The van der Waals surface area contributed by atoms with Crippen molar-refractivity contribution in [2.75, 3.05) is 13.2 Å². The molecule has 4 nitrogen and oxygen atoms in total. The zero-order chi connectivity index (χ0) is 12.1. The number of nitrogens with one attached hydrogen (secondary N) is 1. The molecule has 0 aromatic carbocycles. The molecule has 0 saturated heterocycles. The number of pyridine rings is 1. The third kappa shape index (κ3) is 2.92. The van der Waals surface area contributed by atoms with Crippen LogP contribution in [0.3, 0.4) is 0 Å². The number of aromatic amines is 1. The third-order valence-electron chi connectivity index (χ3n) is 2.63. The first-order valence-corrected chi connectivity index (χ1v) is 6.35. The van der Waals surface area contributed by atoms with Gasteiger partial charge in [0.25, 0.3) is 0 Å². The molecule has 17 heavy (non-hydrogen) atoms. The van der Waals surface area contributed by atoms with E-state index in [1.165, 1.54) is 0 Å². The van der Waals surface area contributed by atoms with Crippen LogP contribution in [0, 0.1) is 4.77 Å². The number of H-pyrrole nitrogens is 1. The molecule has 0 aliphatic rings. The molecule has 0 unspecified atom stereocenters. The van der Waals surface area contributed by atoms with E-state index in [0.717, 1.165) is 37.2 Å². The van der Waals surface area contributed by atoms with E-state index < -0.39 is 0 Å². The quantitative estimate of drug-likeness (QED) is 0.634. The maximum absolute atomic E-state index is 5.54. The lowest BCUT2D eigenvalue weighted by Gasteiger charge is -2.05. The Labute approximate surface area is 106 Å². The molecule has 0 radical (unpaired) electrons. The Bertz CT molecular complexity index is 532. The highest BCUT2D eigenvalue weighted by Gasteiger charge is 2.03. The topological polar surface area (TPSA) is 42.8 Å². The Kier molecular flexibility index (Phi) is 4.28. The summed E-state index contributed by atoms with van der Waals surface area (Å²) in [7, 11) is 0. The van der Waals surface area contributed by atoms with Crippen LogP contribution in [0.5, 0.6) is 0 Å². The molecule has 2 heterocycles. The minimum atomic E-state index is 0.678. The Morgan fingerprint density at radius 3 is 3.18 bits per heavy atom. The normalized spacial score (nSPS) is 11.1. The minimum Gasteiger partial charge on any atom is -0.380 e. The zero-order valence-corrected chi connectivity index (χ0v) is 10.8. The molecule has 0 aliphatic heterocycles. The average molecular weight is 251 g/mol. The Morgan fingerprint density at radius 2 is 2.35 bits per heavy atom.